The molecule has 1 fully saturated rings. The lowest BCUT2D eigenvalue weighted by molar-refractivity contribution is -0.137. The molecule has 0 spiro atoms. The Bertz CT molecular complexity index is 496. The van der Waals surface area contributed by atoms with E-state index in [0.717, 1.165) is 22.9 Å². The number of carboxylic acid groups (broad SMARTS) is 1. The van der Waals surface area contributed by atoms with Crippen molar-refractivity contribution < 1.29 is 19.4 Å². The van der Waals surface area contributed by atoms with Gasteiger partial charge in [0.05, 0.1) is 10.9 Å². The van der Waals surface area contributed by atoms with Crippen molar-refractivity contribution in [2.24, 2.45) is 5.92 Å². The summed E-state index contributed by atoms with van der Waals surface area (Å²) in [6, 6.07) is 3.85. The van der Waals surface area contributed by atoms with Crippen molar-refractivity contribution in [3.63, 3.8) is 0 Å². The molecule has 3 rings (SSSR count). The lowest BCUT2D eigenvalue weighted by Crippen LogP contribution is -2.09. The van der Waals surface area contributed by atoms with Crippen LogP contribution in [-0.2, 0) is 4.79 Å². The fraction of sp³-hybridized carbons (Fsp3) is 0.462. The van der Waals surface area contributed by atoms with E-state index in [-0.39, 0.29) is 19.1 Å². The molecular weight excluding hydrogens is 300 g/mol. The summed E-state index contributed by atoms with van der Waals surface area (Å²) in [4.78, 5) is 11.0. The number of hydrogen-bond donors (Lipinski definition) is 1. The predicted molar refractivity (Wildman–Crippen MR) is 68.0 cm³/mol. The van der Waals surface area contributed by atoms with E-state index in [1.165, 1.54) is 0 Å². The highest BCUT2D eigenvalue weighted by atomic mass is 79.9. The van der Waals surface area contributed by atoms with Crippen molar-refractivity contribution >= 4 is 21.9 Å². The first-order valence-electron chi connectivity index (χ1n) is 5.96. The third kappa shape index (κ3) is 2.07. The van der Waals surface area contributed by atoms with Crippen LogP contribution in [0.25, 0.3) is 0 Å². The highest BCUT2D eigenvalue weighted by Gasteiger charge is 2.37. The van der Waals surface area contributed by atoms with Gasteiger partial charge >= 0.3 is 5.97 Å². The Morgan fingerprint density at radius 3 is 2.78 bits per heavy atom. The summed E-state index contributed by atoms with van der Waals surface area (Å²) in [5, 5.41) is 9.04. The van der Waals surface area contributed by atoms with Gasteiger partial charge < -0.3 is 14.6 Å². The van der Waals surface area contributed by atoms with Crippen LogP contribution in [0.3, 0.4) is 0 Å². The standard InChI is InChI=1S/C13H13BrO4/c14-10-4-3-8(12-13(10)18-6-17-12)9(5-11(15)16)7-1-2-7/h3-4,7,9H,1-2,5-6H2,(H,15,16). The quantitative estimate of drug-likeness (QED) is 0.928. The van der Waals surface area contributed by atoms with Crippen molar-refractivity contribution in [3.05, 3.63) is 22.2 Å². The molecule has 1 N–H and O–H groups in total. The summed E-state index contributed by atoms with van der Waals surface area (Å²) in [5.74, 6) is 1.15. The van der Waals surface area contributed by atoms with Gasteiger partial charge in [-0.3, -0.25) is 4.79 Å². The van der Waals surface area contributed by atoms with Gasteiger partial charge in [0.25, 0.3) is 0 Å². The van der Waals surface area contributed by atoms with E-state index in [2.05, 4.69) is 15.9 Å². The minimum Gasteiger partial charge on any atom is -0.481 e. The molecule has 4 nitrogen and oxygen atoms in total. The molecule has 0 saturated heterocycles. The lowest BCUT2D eigenvalue weighted by atomic mass is 9.90. The number of fused-ring (bicyclic) bond motifs is 1. The second-order valence-corrected chi connectivity index (χ2v) is 5.60. The van der Waals surface area contributed by atoms with Crippen molar-refractivity contribution in [2.75, 3.05) is 6.79 Å². The zero-order chi connectivity index (χ0) is 12.7. The maximum Gasteiger partial charge on any atom is 0.303 e. The first kappa shape index (κ1) is 11.8. The Balaban J connectivity index is 1.99. The van der Waals surface area contributed by atoms with Gasteiger partial charge in [-0.15, -0.1) is 0 Å². The zero-order valence-electron chi connectivity index (χ0n) is 9.69. The van der Waals surface area contributed by atoms with Crippen molar-refractivity contribution in [1.29, 1.82) is 0 Å². The van der Waals surface area contributed by atoms with Crippen LogP contribution < -0.4 is 9.47 Å². The van der Waals surface area contributed by atoms with Crippen LogP contribution in [0.5, 0.6) is 11.5 Å². The summed E-state index contributed by atoms with van der Waals surface area (Å²) in [6.07, 6.45) is 2.36. The van der Waals surface area contributed by atoms with Crippen molar-refractivity contribution in [2.45, 2.75) is 25.2 Å². The van der Waals surface area contributed by atoms with Gasteiger partial charge in [-0.2, -0.15) is 0 Å². The first-order chi connectivity index (χ1) is 8.66. The molecule has 1 aliphatic heterocycles. The molecule has 0 radical (unpaired) electrons. The molecule has 1 saturated carbocycles. The number of hydrogen-bond acceptors (Lipinski definition) is 3. The number of carboxylic acids is 1. The molecule has 18 heavy (non-hydrogen) atoms. The van der Waals surface area contributed by atoms with Crippen molar-refractivity contribution in [1.82, 2.24) is 0 Å². The molecule has 0 amide bonds. The van der Waals surface area contributed by atoms with E-state index in [0.29, 0.717) is 17.4 Å². The highest BCUT2D eigenvalue weighted by molar-refractivity contribution is 9.10. The van der Waals surface area contributed by atoms with Gasteiger partial charge in [0.2, 0.25) is 6.79 Å². The fourth-order valence-electron chi connectivity index (χ4n) is 2.49. The van der Waals surface area contributed by atoms with E-state index >= 15 is 0 Å². The summed E-state index contributed by atoms with van der Waals surface area (Å²) in [6.45, 7) is 0.204. The van der Waals surface area contributed by atoms with Crippen LogP contribution in [0.1, 0.15) is 30.7 Å². The van der Waals surface area contributed by atoms with Crippen LogP contribution >= 0.6 is 15.9 Å². The molecule has 5 heteroatoms. The number of rotatable bonds is 4. The Hall–Kier alpha value is -1.23. The molecule has 96 valence electrons. The number of halogens is 1. The summed E-state index contributed by atoms with van der Waals surface area (Å²) in [7, 11) is 0. The van der Waals surface area contributed by atoms with Gasteiger partial charge in [-0.25, -0.2) is 0 Å². The predicted octanol–water partition coefficient (Wildman–Crippen LogP) is 3.15. The molecule has 0 bridgehead atoms. The van der Waals surface area contributed by atoms with E-state index in [9.17, 15) is 4.79 Å². The second kappa shape index (κ2) is 4.46. The highest BCUT2D eigenvalue weighted by Crippen LogP contribution is 2.51. The van der Waals surface area contributed by atoms with Gasteiger partial charge in [-0.05, 0) is 40.8 Å². The SMILES string of the molecule is O=C(O)CC(c1ccc(Br)c2c1OCO2)C1CC1. The van der Waals surface area contributed by atoms with Crippen LogP contribution in [0.15, 0.2) is 16.6 Å². The molecule has 1 aromatic carbocycles. The number of benzene rings is 1. The van der Waals surface area contributed by atoms with Crippen LogP contribution in [0.2, 0.25) is 0 Å². The Kier molecular flexibility index (Phi) is 2.93. The van der Waals surface area contributed by atoms with Crippen molar-refractivity contribution in [3.8, 4) is 11.5 Å². The Labute approximate surface area is 113 Å². The second-order valence-electron chi connectivity index (χ2n) is 4.74. The minimum atomic E-state index is -0.762. The summed E-state index contributed by atoms with van der Waals surface area (Å²) < 4.78 is 11.8. The average Bonchev–Trinajstić information content (AvgIpc) is 3.04. The monoisotopic (exact) mass is 312 g/mol. The van der Waals surface area contributed by atoms with Gasteiger partial charge in [0, 0.05) is 11.5 Å². The number of ether oxygens (including phenoxy) is 2. The molecule has 1 atom stereocenters. The molecule has 1 aromatic rings. The number of aliphatic carboxylic acids is 1. The molecule has 1 heterocycles. The van der Waals surface area contributed by atoms with E-state index in [4.69, 9.17) is 14.6 Å². The molecule has 1 aliphatic carbocycles. The van der Waals surface area contributed by atoms with E-state index in [1.54, 1.807) is 0 Å². The normalized spacial score (nSPS) is 18.7. The van der Waals surface area contributed by atoms with Crippen LogP contribution in [0.4, 0.5) is 0 Å². The third-order valence-electron chi connectivity index (χ3n) is 3.49. The van der Waals surface area contributed by atoms with Gasteiger partial charge in [0.15, 0.2) is 11.5 Å². The summed E-state index contributed by atoms with van der Waals surface area (Å²) >= 11 is 3.41. The smallest absolute Gasteiger partial charge is 0.303 e. The van der Waals surface area contributed by atoms with E-state index < -0.39 is 5.97 Å². The third-order valence-corrected chi connectivity index (χ3v) is 4.11. The lowest BCUT2D eigenvalue weighted by Gasteiger charge is -2.16. The topological polar surface area (TPSA) is 55.8 Å². The molecule has 1 unspecified atom stereocenters. The largest absolute Gasteiger partial charge is 0.481 e. The van der Waals surface area contributed by atoms with Gasteiger partial charge in [0.1, 0.15) is 0 Å². The molecular formula is C13H13BrO4. The Morgan fingerprint density at radius 2 is 2.11 bits per heavy atom. The minimum absolute atomic E-state index is 0.0334. The molecule has 2 aliphatic rings. The first-order valence-corrected chi connectivity index (χ1v) is 6.76. The molecule has 0 aromatic heterocycles. The Morgan fingerprint density at radius 1 is 1.39 bits per heavy atom. The van der Waals surface area contributed by atoms with Gasteiger partial charge in [-0.1, -0.05) is 6.07 Å². The average molecular weight is 313 g/mol. The van der Waals surface area contributed by atoms with Crippen LogP contribution in [0, 0.1) is 5.92 Å². The summed E-state index contributed by atoms with van der Waals surface area (Å²) in [5.41, 5.74) is 0.968. The fourth-order valence-corrected chi connectivity index (χ4v) is 2.92. The van der Waals surface area contributed by atoms with E-state index in [1.807, 2.05) is 12.1 Å². The number of carbonyl (C=O) groups is 1. The maximum atomic E-state index is 11.0. The van der Waals surface area contributed by atoms with Crippen LogP contribution in [-0.4, -0.2) is 17.9 Å². The zero-order valence-corrected chi connectivity index (χ0v) is 11.3. The maximum absolute atomic E-state index is 11.0.